The van der Waals surface area contributed by atoms with Gasteiger partial charge in [-0.1, -0.05) is 25.1 Å². The second kappa shape index (κ2) is 7.29. The third-order valence-corrected chi connectivity index (χ3v) is 4.21. The number of carbonyl (C=O) groups excluding carboxylic acids is 2. The lowest BCUT2D eigenvalue weighted by Gasteiger charge is -2.29. The van der Waals surface area contributed by atoms with Gasteiger partial charge in [0.25, 0.3) is 0 Å². The zero-order chi connectivity index (χ0) is 18.8. The smallest absolute Gasteiger partial charge is 0.416 e. The van der Waals surface area contributed by atoms with Crippen LogP contribution in [0.3, 0.4) is 0 Å². The summed E-state index contributed by atoms with van der Waals surface area (Å²) in [5, 5.41) is 2.52. The quantitative estimate of drug-likeness (QED) is 0.833. The molecule has 1 heterocycles. The van der Waals surface area contributed by atoms with E-state index >= 15 is 0 Å². The van der Waals surface area contributed by atoms with Gasteiger partial charge in [-0.05, 0) is 31.9 Å². The summed E-state index contributed by atoms with van der Waals surface area (Å²) in [5.41, 5.74) is -0.653. The molecule has 0 saturated carbocycles. The fourth-order valence-electron chi connectivity index (χ4n) is 2.83. The number of alkyl halides is 3. The van der Waals surface area contributed by atoms with E-state index in [0.717, 1.165) is 6.07 Å². The Morgan fingerprint density at radius 3 is 2.60 bits per heavy atom. The molecule has 0 saturated heterocycles. The fourth-order valence-corrected chi connectivity index (χ4v) is 2.83. The number of hydrogen-bond donors (Lipinski definition) is 1. The molecule has 1 aliphatic heterocycles. The molecule has 7 heteroatoms. The lowest BCUT2D eigenvalue weighted by Crippen LogP contribution is -2.35. The van der Waals surface area contributed by atoms with Gasteiger partial charge in [-0.2, -0.15) is 13.2 Å². The third-order valence-electron chi connectivity index (χ3n) is 4.21. The van der Waals surface area contributed by atoms with Crippen molar-refractivity contribution in [2.75, 3.05) is 0 Å². The van der Waals surface area contributed by atoms with Crippen LogP contribution >= 0.6 is 0 Å². The van der Waals surface area contributed by atoms with Crippen molar-refractivity contribution >= 4 is 11.9 Å². The summed E-state index contributed by atoms with van der Waals surface area (Å²) in [6, 6.07) is 5.00. The molecule has 1 N–H and O–H groups in total. The van der Waals surface area contributed by atoms with Crippen LogP contribution in [0.4, 0.5) is 13.2 Å². The molecule has 0 aliphatic carbocycles. The summed E-state index contributed by atoms with van der Waals surface area (Å²) in [7, 11) is 0. The van der Waals surface area contributed by atoms with Crippen LogP contribution in [0.2, 0.25) is 0 Å². The van der Waals surface area contributed by atoms with E-state index < -0.39 is 29.5 Å². The Labute approximate surface area is 144 Å². The number of hydrogen-bond acceptors (Lipinski definition) is 3. The van der Waals surface area contributed by atoms with Gasteiger partial charge in [0, 0.05) is 18.0 Å². The summed E-state index contributed by atoms with van der Waals surface area (Å²) in [6.07, 6.45) is -4.61. The van der Waals surface area contributed by atoms with Crippen LogP contribution in [-0.4, -0.2) is 18.0 Å². The average molecular weight is 355 g/mol. The fraction of sp³-hybridized carbons (Fsp3) is 0.444. The molecule has 1 aromatic carbocycles. The predicted octanol–water partition coefficient (Wildman–Crippen LogP) is 3.92. The van der Waals surface area contributed by atoms with E-state index in [2.05, 4.69) is 5.32 Å². The number of amides is 1. The average Bonchev–Trinajstić information content (AvgIpc) is 2.52. The summed E-state index contributed by atoms with van der Waals surface area (Å²) >= 11 is 0. The van der Waals surface area contributed by atoms with Crippen LogP contribution in [0.5, 0.6) is 0 Å². The molecule has 25 heavy (non-hydrogen) atoms. The van der Waals surface area contributed by atoms with E-state index in [-0.39, 0.29) is 29.4 Å². The highest BCUT2D eigenvalue weighted by Gasteiger charge is 2.40. The number of esters is 1. The van der Waals surface area contributed by atoms with Crippen molar-refractivity contribution in [3.8, 4) is 0 Å². The second-order valence-electron chi connectivity index (χ2n) is 6.05. The SMILES string of the molecule is CC[C@H](C)OC(=O)C1=C(C)NC(=O)C[C@H]1c1ccccc1C(F)(F)F. The van der Waals surface area contributed by atoms with Crippen LogP contribution in [0, 0.1) is 0 Å². The largest absolute Gasteiger partial charge is 0.459 e. The van der Waals surface area contributed by atoms with Crippen molar-refractivity contribution in [3.63, 3.8) is 0 Å². The maximum absolute atomic E-state index is 13.4. The maximum atomic E-state index is 13.4. The summed E-state index contributed by atoms with van der Waals surface area (Å²) in [4.78, 5) is 24.4. The Bertz CT molecular complexity index is 710. The number of allylic oxidation sites excluding steroid dienone is 1. The molecule has 2 atom stereocenters. The van der Waals surface area contributed by atoms with Crippen molar-refractivity contribution in [3.05, 3.63) is 46.7 Å². The molecule has 0 spiro atoms. The molecule has 1 aromatic rings. The van der Waals surface area contributed by atoms with Gasteiger partial charge in [0.1, 0.15) is 0 Å². The van der Waals surface area contributed by atoms with E-state index in [9.17, 15) is 22.8 Å². The first kappa shape index (κ1) is 19.0. The van der Waals surface area contributed by atoms with Gasteiger partial charge in [0.15, 0.2) is 0 Å². The monoisotopic (exact) mass is 355 g/mol. The van der Waals surface area contributed by atoms with Crippen molar-refractivity contribution in [2.45, 2.75) is 51.8 Å². The molecule has 1 aliphatic rings. The van der Waals surface area contributed by atoms with Crippen LogP contribution in [-0.2, 0) is 20.5 Å². The minimum atomic E-state index is -4.58. The third kappa shape index (κ3) is 4.21. The van der Waals surface area contributed by atoms with Crippen molar-refractivity contribution in [2.24, 2.45) is 0 Å². The Morgan fingerprint density at radius 1 is 1.36 bits per heavy atom. The minimum absolute atomic E-state index is 0.0663. The van der Waals surface area contributed by atoms with Gasteiger partial charge in [-0.3, -0.25) is 4.79 Å². The number of benzene rings is 1. The molecule has 0 radical (unpaired) electrons. The Morgan fingerprint density at radius 2 is 2.00 bits per heavy atom. The summed E-state index contributed by atoms with van der Waals surface area (Å²) in [6.45, 7) is 5.03. The maximum Gasteiger partial charge on any atom is 0.416 e. The lowest BCUT2D eigenvalue weighted by atomic mass is 9.82. The van der Waals surface area contributed by atoms with Crippen LogP contribution < -0.4 is 5.32 Å². The Kier molecular flexibility index (Phi) is 5.55. The van der Waals surface area contributed by atoms with Crippen molar-refractivity contribution < 1.29 is 27.5 Å². The highest BCUT2D eigenvalue weighted by molar-refractivity contribution is 5.96. The van der Waals surface area contributed by atoms with Crippen LogP contribution in [0.25, 0.3) is 0 Å². The zero-order valence-electron chi connectivity index (χ0n) is 14.2. The number of ether oxygens (including phenoxy) is 1. The molecule has 136 valence electrons. The van der Waals surface area contributed by atoms with Gasteiger partial charge in [0.2, 0.25) is 5.91 Å². The summed E-state index contributed by atoms with van der Waals surface area (Å²) < 4.78 is 45.4. The normalized spacial score (nSPS) is 19.4. The van der Waals surface area contributed by atoms with E-state index in [4.69, 9.17) is 4.74 Å². The van der Waals surface area contributed by atoms with Gasteiger partial charge in [-0.15, -0.1) is 0 Å². The van der Waals surface area contributed by atoms with E-state index in [1.165, 1.54) is 25.1 Å². The van der Waals surface area contributed by atoms with Crippen molar-refractivity contribution in [1.29, 1.82) is 0 Å². The van der Waals surface area contributed by atoms with E-state index in [0.29, 0.717) is 6.42 Å². The molecular formula is C18H20F3NO3. The first-order valence-corrected chi connectivity index (χ1v) is 8.02. The molecule has 0 bridgehead atoms. The van der Waals surface area contributed by atoms with Crippen LogP contribution in [0.1, 0.15) is 50.7 Å². The number of nitrogens with one attached hydrogen (secondary N) is 1. The number of carbonyl (C=O) groups is 2. The lowest BCUT2D eigenvalue weighted by molar-refractivity contribution is -0.145. The second-order valence-corrected chi connectivity index (χ2v) is 6.05. The zero-order valence-corrected chi connectivity index (χ0v) is 14.2. The highest BCUT2D eigenvalue weighted by atomic mass is 19.4. The van der Waals surface area contributed by atoms with Crippen LogP contribution in [0.15, 0.2) is 35.5 Å². The Balaban J connectivity index is 2.53. The van der Waals surface area contributed by atoms with Gasteiger partial charge in [-0.25, -0.2) is 4.79 Å². The van der Waals surface area contributed by atoms with E-state index in [1.807, 2.05) is 6.92 Å². The summed E-state index contributed by atoms with van der Waals surface area (Å²) in [5.74, 6) is -2.13. The number of rotatable bonds is 4. The first-order valence-electron chi connectivity index (χ1n) is 8.02. The van der Waals surface area contributed by atoms with Gasteiger partial charge < -0.3 is 10.1 Å². The van der Waals surface area contributed by atoms with E-state index in [1.54, 1.807) is 6.92 Å². The molecule has 1 amide bonds. The molecule has 0 fully saturated rings. The molecular weight excluding hydrogens is 335 g/mol. The van der Waals surface area contributed by atoms with Gasteiger partial charge >= 0.3 is 12.1 Å². The molecule has 0 unspecified atom stereocenters. The Hall–Kier alpha value is -2.31. The van der Waals surface area contributed by atoms with Gasteiger partial charge in [0.05, 0.1) is 17.2 Å². The molecule has 0 aromatic heterocycles. The minimum Gasteiger partial charge on any atom is -0.459 e. The number of halogens is 3. The standard InChI is InChI=1S/C18H20F3NO3/c1-4-10(2)25-17(24)16-11(3)22-15(23)9-13(16)12-7-5-6-8-14(12)18(19,20)21/h5-8,10,13H,4,9H2,1-3H3,(H,22,23)/t10-,13-/m0/s1. The first-order chi connectivity index (χ1) is 11.6. The topological polar surface area (TPSA) is 55.4 Å². The highest BCUT2D eigenvalue weighted by Crippen LogP contribution is 2.41. The van der Waals surface area contributed by atoms with Crippen molar-refractivity contribution in [1.82, 2.24) is 5.32 Å². The predicted molar refractivity (Wildman–Crippen MR) is 85.5 cm³/mol. The molecule has 4 nitrogen and oxygen atoms in total. The molecule has 2 rings (SSSR count).